The fourth-order valence-electron chi connectivity index (χ4n) is 4.20. The van der Waals surface area contributed by atoms with Crippen LogP contribution in [0.4, 0.5) is 35.0 Å². The fourth-order valence-corrected chi connectivity index (χ4v) is 4.36. The molecule has 0 bridgehead atoms. The lowest BCUT2D eigenvalue weighted by Gasteiger charge is -2.33. The SMILES string of the molecule is CN(C)c1ccccc1-c1ccc(N2CCCC(NC(=O)Nc3ccc(Cl)cc3F)C2=O)c(F)c1F. The monoisotopic (exact) mass is 516 g/mol. The molecule has 3 amide bonds. The lowest BCUT2D eigenvalue weighted by molar-refractivity contribution is -0.121. The van der Waals surface area contributed by atoms with Gasteiger partial charge in [-0.2, -0.15) is 0 Å². The molecule has 0 radical (unpaired) electrons. The molecule has 3 aromatic carbocycles. The maximum Gasteiger partial charge on any atom is 0.319 e. The smallest absolute Gasteiger partial charge is 0.319 e. The first-order valence-electron chi connectivity index (χ1n) is 11.3. The molecule has 2 N–H and O–H groups in total. The summed E-state index contributed by atoms with van der Waals surface area (Å²) in [6.07, 6.45) is 0.739. The summed E-state index contributed by atoms with van der Waals surface area (Å²) in [7, 11) is 3.61. The van der Waals surface area contributed by atoms with Gasteiger partial charge in [0.15, 0.2) is 11.6 Å². The number of carbonyl (C=O) groups is 2. The largest absolute Gasteiger partial charge is 0.377 e. The van der Waals surface area contributed by atoms with E-state index in [2.05, 4.69) is 10.6 Å². The summed E-state index contributed by atoms with van der Waals surface area (Å²) in [5.41, 5.74) is 0.980. The molecule has 0 spiro atoms. The normalized spacial score (nSPS) is 15.6. The Morgan fingerprint density at radius 3 is 2.50 bits per heavy atom. The van der Waals surface area contributed by atoms with Crippen LogP contribution in [0.25, 0.3) is 11.1 Å². The average Bonchev–Trinajstić information content (AvgIpc) is 2.84. The molecule has 1 saturated heterocycles. The highest BCUT2D eigenvalue weighted by Crippen LogP contribution is 2.36. The van der Waals surface area contributed by atoms with Gasteiger partial charge in [-0.15, -0.1) is 0 Å². The first-order chi connectivity index (χ1) is 17.2. The molecule has 4 rings (SSSR count). The van der Waals surface area contributed by atoms with E-state index in [0.29, 0.717) is 24.1 Å². The summed E-state index contributed by atoms with van der Waals surface area (Å²) in [5.74, 6) is -3.54. The lowest BCUT2D eigenvalue weighted by atomic mass is 10.00. The Morgan fingerprint density at radius 2 is 1.78 bits per heavy atom. The van der Waals surface area contributed by atoms with Crippen LogP contribution in [0.15, 0.2) is 54.6 Å². The number of piperidine rings is 1. The number of urea groups is 1. The molecule has 1 heterocycles. The van der Waals surface area contributed by atoms with Crippen LogP contribution in [0.2, 0.25) is 5.02 Å². The van der Waals surface area contributed by atoms with Gasteiger partial charge in [-0.25, -0.2) is 18.0 Å². The van der Waals surface area contributed by atoms with Crippen molar-refractivity contribution in [3.63, 3.8) is 0 Å². The Kier molecular flexibility index (Phi) is 7.40. The highest BCUT2D eigenvalue weighted by Gasteiger charge is 2.33. The van der Waals surface area contributed by atoms with Crippen molar-refractivity contribution in [3.8, 4) is 11.1 Å². The predicted octanol–water partition coefficient (Wildman–Crippen LogP) is 5.81. The van der Waals surface area contributed by atoms with Crippen molar-refractivity contribution in [2.24, 2.45) is 0 Å². The molecule has 0 saturated carbocycles. The minimum Gasteiger partial charge on any atom is -0.377 e. The fraction of sp³-hybridized carbons (Fsp3) is 0.231. The molecule has 188 valence electrons. The summed E-state index contributed by atoms with van der Waals surface area (Å²) in [6.45, 7) is 0.161. The van der Waals surface area contributed by atoms with Gasteiger partial charge in [0.25, 0.3) is 0 Å². The van der Waals surface area contributed by atoms with Crippen molar-refractivity contribution < 1.29 is 22.8 Å². The Balaban J connectivity index is 1.54. The lowest BCUT2D eigenvalue weighted by Crippen LogP contribution is -2.53. The van der Waals surface area contributed by atoms with Crippen LogP contribution < -0.4 is 20.4 Å². The third kappa shape index (κ3) is 5.11. The summed E-state index contributed by atoms with van der Waals surface area (Å²) in [5, 5.41) is 4.98. The van der Waals surface area contributed by atoms with Crippen LogP contribution in [-0.4, -0.2) is 38.6 Å². The second kappa shape index (κ2) is 10.5. The minimum absolute atomic E-state index is 0.0732. The van der Waals surface area contributed by atoms with Gasteiger partial charge in [-0.3, -0.25) is 4.79 Å². The number of hydrogen-bond acceptors (Lipinski definition) is 3. The van der Waals surface area contributed by atoms with Crippen molar-refractivity contribution in [1.29, 1.82) is 0 Å². The zero-order valence-electron chi connectivity index (χ0n) is 19.6. The third-order valence-corrected chi connectivity index (χ3v) is 6.19. The summed E-state index contributed by atoms with van der Waals surface area (Å²) in [6, 6.07) is 11.8. The van der Waals surface area contributed by atoms with E-state index in [1.54, 1.807) is 43.3 Å². The first-order valence-corrected chi connectivity index (χ1v) is 11.6. The van der Waals surface area contributed by atoms with E-state index < -0.39 is 35.4 Å². The van der Waals surface area contributed by atoms with Crippen molar-refractivity contribution in [3.05, 3.63) is 77.1 Å². The van der Waals surface area contributed by atoms with Gasteiger partial charge < -0.3 is 20.4 Å². The number of nitrogens with one attached hydrogen (secondary N) is 2. The number of nitrogens with zero attached hydrogens (tertiary/aromatic N) is 2. The molecule has 0 aromatic heterocycles. The summed E-state index contributed by atoms with van der Waals surface area (Å²) < 4.78 is 44.5. The number of hydrogen-bond donors (Lipinski definition) is 2. The number of anilines is 3. The Morgan fingerprint density at radius 1 is 1.03 bits per heavy atom. The van der Waals surface area contributed by atoms with Gasteiger partial charge in [0.1, 0.15) is 11.9 Å². The van der Waals surface area contributed by atoms with Crippen molar-refractivity contribution in [2.45, 2.75) is 18.9 Å². The number of halogens is 4. The van der Waals surface area contributed by atoms with E-state index >= 15 is 8.78 Å². The Bertz CT molecular complexity index is 1320. The zero-order chi connectivity index (χ0) is 26.0. The molecular formula is C26H24ClF3N4O2. The molecule has 10 heteroatoms. The van der Waals surface area contributed by atoms with E-state index in [-0.39, 0.29) is 28.5 Å². The number of amides is 3. The van der Waals surface area contributed by atoms with Gasteiger partial charge in [0.05, 0.1) is 11.4 Å². The van der Waals surface area contributed by atoms with Crippen LogP contribution in [-0.2, 0) is 4.79 Å². The Labute approximate surface area is 211 Å². The maximum absolute atomic E-state index is 15.3. The standard InChI is InChI=1S/C26H24ClF3N4O2/c1-33(2)21-8-4-3-6-16(21)17-10-12-22(24(30)23(17)29)34-13-5-7-20(25(34)35)32-26(36)31-19-11-9-15(27)14-18(19)28/h3-4,6,8-12,14,20H,5,7,13H2,1-2H3,(H2,31,32,36). The molecule has 0 aliphatic carbocycles. The minimum atomic E-state index is -1.15. The molecule has 3 aromatic rings. The van der Waals surface area contributed by atoms with Gasteiger partial charge in [-0.1, -0.05) is 29.8 Å². The number of para-hydroxylation sites is 1. The second-order valence-corrected chi connectivity index (χ2v) is 9.02. The average molecular weight is 517 g/mol. The van der Waals surface area contributed by atoms with Gasteiger partial charge in [-0.05, 0) is 49.2 Å². The highest BCUT2D eigenvalue weighted by molar-refractivity contribution is 6.30. The van der Waals surface area contributed by atoms with Crippen LogP contribution in [0.3, 0.4) is 0 Å². The van der Waals surface area contributed by atoms with Gasteiger partial charge in [0.2, 0.25) is 5.91 Å². The van der Waals surface area contributed by atoms with Crippen LogP contribution >= 0.6 is 11.6 Å². The van der Waals surface area contributed by atoms with E-state index in [1.807, 2.05) is 0 Å². The molecule has 36 heavy (non-hydrogen) atoms. The molecule has 6 nitrogen and oxygen atoms in total. The van der Waals surface area contributed by atoms with Crippen molar-refractivity contribution >= 4 is 40.6 Å². The third-order valence-electron chi connectivity index (χ3n) is 5.95. The van der Waals surface area contributed by atoms with Gasteiger partial charge >= 0.3 is 6.03 Å². The molecule has 1 fully saturated rings. The van der Waals surface area contributed by atoms with Crippen molar-refractivity contribution in [2.75, 3.05) is 35.8 Å². The molecular weight excluding hydrogens is 493 g/mol. The molecule has 1 aliphatic heterocycles. The quantitative estimate of drug-likeness (QED) is 0.450. The van der Waals surface area contributed by atoms with Crippen molar-refractivity contribution in [1.82, 2.24) is 5.32 Å². The summed E-state index contributed by atoms with van der Waals surface area (Å²) >= 11 is 5.71. The predicted molar refractivity (Wildman–Crippen MR) is 135 cm³/mol. The van der Waals surface area contributed by atoms with E-state index in [4.69, 9.17) is 11.6 Å². The second-order valence-electron chi connectivity index (χ2n) is 8.58. The highest BCUT2D eigenvalue weighted by atomic mass is 35.5. The van der Waals surface area contributed by atoms with Crippen LogP contribution in [0.5, 0.6) is 0 Å². The first kappa shape index (κ1) is 25.4. The zero-order valence-corrected chi connectivity index (χ0v) is 20.4. The number of carbonyl (C=O) groups excluding carboxylic acids is 2. The molecule has 1 atom stereocenters. The number of rotatable bonds is 5. The maximum atomic E-state index is 15.3. The Hall–Kier alpha value is -3.72. The van der Waals surface area contributed by atoms with E-state index in [0.717, 1.165) is 11.0 Å². The topological polar surface area (TPSA) is 64.7 Å². The van der Waals surface area contributed by atoms with Crippen LogP contribution in [0, 0.1) is 17.5 Å². The van der Waals surface area contributed by atoms with Gasteiger partial charge in [0, 0.05) is 42.5 Å². The van der Waals surface area contributed by atoms with E-state index in [9.17, 15) is 14.0 Å². The van der Waals surface area contributed by atoms with E-state index in [1.165, 1.54) is 24.3 Å². The molecule has 1 unspecified atom stereocenters. The summed E-state index contributed by atoms with van der Waals surface area (Å²) in [4.78, 5) is 28.4. The number of benzene rings is 3. The molecule has 1 aliphatic rings. The van der Waals surface area contributed by atoms with Crippen LogP contribution in [0.1, 0.15) is 12.8 Å².